The Morgan fingerprint density at radius 1 is 1.33 bits per heavy atom. The zero-order valence-corrected chi connectivity index (χ0v) is 18.2. The summed E-state index contributed by atoms with van der Waals surface area (Å²) in [6.07, 6.45) is 0. The van der Waals surface area contributed by atoms with Crippen LogP contribution in [0.15, 0.2) is 14.3 Å². The van der Waals surface area contributed by atoms with Crippen LogP contribution in [0.5, 0.6) is 0 Å². The van der Waals surface area contributed by atoms with Crippen LogP contribution >= 0.6 is 11.3 Å². The first kappa shape index (κ1) is 21.3. The van der Waals surface area contributed by atoms with E-state index in [1.807, 2.05) is 33.9 Å². The van der Waals surface area contributed by atoms with Crippen LogP contribution in [0, 0.1) is 0 Å². The van der Waals surface area contributed by atoms with Gasteiger partial charge in [-0.15, -0.1) is 11.3 Å². The molecule has 9 heteroatoms. The van der Waals surface area contributed by atoms with Gasteiger partial charge in [-0.25, -0.2) is 14.1 Å². The number of carbonyl (C=O) groups is 1. The molecule has 0 aromatic carbocycles. The molecule has 1 atom stereocenters. The molecule has 1 unspecified atom stereocenters. The smallest absolute Gasteiger partial charge is 0.340 e. The molecule has 6 nitrogen and oxygen atoms in total. The number of hydrogen-bond donors (Lipinski definition) is 2. The Kier molecular flexibility index (Phi) is 5.79. The molecule has 1 aromatic rings. The first-order chi connectivity index (χ1) is 10.5. The van der Waals surface area contributed by atoms with E-state index in [-0.39, 0.29) is 14.8 Å². The van der Waals surface area contributed by atoms with E-state index >= 15 is 0 Å². The summed E-state index contributed by atoms with van der Waals surface area (Å²) in [5, 5.41) is 16.2. The van der Waals surface area contributed by atoms with E-state index in [2.05, 4.69) is 4.03 Å². The highest BCUT2D eigenvalue weighted by atomic mass is 32.2. The Balaban J connectivity index is 3.68. The van der Waals surface area contributed by atoms with Crippen molar-refractivity contribution in [3.8, 4) is 0 Å². The van der Waals surface area contributed by atoms with Gasteiger partial charge in [-0.1, -0.05) is 20.8 Å². The van der Waals surface area contributed by atoms with Gasteiger partial charge in [0.25, 0.3) is 0 Å². The third-order valence-corrected chi connectivity index (χ3v) is 13.7. The Morgan fingerprint density at radius 3 is 2.21 bits per heavy atom. The average molecular weight is 393 g/mol. The van der Waals surface area contributed by atoms with Crippen molar-refractivity contribution in [2.24, 2.45) is 9.17 Å². The largest absolute Gasteiger partial charge is 0.465 e. The molecule has 0 spiro atoms. The predicted octanol–water partition coefficient (Wildman–Crippen LogP) is 3.47. The van der Waals surface area contributed by atoms with E-state index in [4.69, 9.17) is 9.88 Å². The maximum Gasteiger partial charge on any atom is 0.340 e. The molecule has 1 rings (SSSR count). The van der Waals surface area contributed by atoms with Crippen LogP contribution in [0.3, 0.4) is 0 Å². The molecule has 0 radical (unpaired) electrons. The molecule has 0 saturated carbocycles. The Labute approximate surface area is 149 Å². The Bertz CT molecular complexity index is 749. The predicted molar refractivity (Wildman–Crippen MR) is 101 cm³/mol. The molecular weight excluding hydrogens is 364 g/mol. The van der Waals surface area contributed by atoms with Gasteiger partial charge < -0.3 is 9.84 Å². The maximum atomic E-state index is 13.2. The number of rotatable bonds is 4. The lowest BCUT2D eigenvalue weighted by atomic mass is 10.1. The van der Waals surface area contributed by atoms with Gasteiger partial charge >= 0.3 is 5.97 Å². The lowest BCUT2D eigenvalue weighted by Crippen LogP contribution is -2.37. The summed E-state index contributed by atoms with van der Waals surface area (Å²) in [4.78, 5) is 12.6. The second kappa shape index (κ2) is 6.53. The van der Waals surface area contributed by atoms with Gasteiger partial charge in [-0.05, 0) is 38.0 Å². The lowest BCUT2D eigenvalue weighted by molar-refractivity contribution is 0.0596. The number of hydrogen-bond acceptors (Lipinski definition) is 6. The molecule has 24 heavy (non-hydrogen) atoms. The topological polar surface area (TPSA) is 102 Å². The molecule has 0 saturated heterocycles. The second-order valence-electron chi connectivity index (χ2n) is 7.83. The van der Waals surface area contributed by atoms with E-state index in [0.29, 0.717) is 4.88 Å². The molecule has 0 bridgehead atoms. The zero-order valence-electron chi connectivity index (χ0n) is 15.6. The van der Waals surface area contributed by atoms with Crippen molar-refractivity contribution in [3.63, 3.8) is 0 Å². The maximum absolute atomic E-state index is 13.2. The first-order valence-corrected chi connectivity index (χ1v) is 12.9. The summed E-state index contributed by atoms with van der Waals surface area (Å²) >= 11 is 1.05. The van der Waals surface area contributed by atoms with E-state index in [9.17, 15) is 14.1 Å². The van der Waals surface area contributed by atoms with Gasteiger partial charge in [0.2, 0.25) is 0 Å². The van der Waals surface area contributed by atoms with E-state index in [1.54, 1.807) is 13.8 Å². The minimum Gasteiger partial charge on any atom is -0.465 e. The fraction of sp³-hybridized carbons (Fsp3) is 0.667. The van der Waals surface area contributed by atoms with Gasteiger partial charge in [-0.2, -0.15) is 0 Å². The van der Waals surface area contributed by atoms with Crippen molar-refractivity contribution in [1.29, 1.82) is 0 Å². The number of nitrogens with two attached hydrogens (primary N) is 1. The normalized spacial score (nSPS) is 15.8. The van der Waals surface area contributed by atoms with Crippen molar-refractivity contribution >= 4 is 35.5 Å². The number of nitrogens with zero attached hydrogens (tertiary/aromatic N) is 1. The first-order valence-electron chi connectivity index (χ1n) is 7.54. The van der Waals surface area contributed by atoms with Gasteiger partial charge in [-0.3, -0.25) is 4.03 Å². The summed E-state index contributed by atoms with van der Waals surface area (Å²) in [5.74, 6) is -0.639. The van der Waals surface area contributed by atoms with Crippen molar-refractivity contribution in [3.05, 3.63) is 16.5 Å². The lowest BCUT2D eigenvalue weighted by Gasteiger charge is -2.32. The van der Waals surface area contributed by atoms with Gasteiger partial charge in [0.15, 0.2) is 8.24 Å². The SMILES string of the molecule is COC(=O)c1cc(C(C)(C)O)sc1S(N)(=O)=N[Si](C)(C)C(C)(C)C. The second-order valence-corrected chi connectivity index (χ2v) is 16.0. The molecule has 138 valence electrons. The Hall–Kier alpha value is -0.743. The Morgan fingerprint density at radius 2 is 1.83 bits per heavy atom. The number of carbonyl (C=O) groups excluding carboxylic acids is 1. The molecular formula is C15H28N2O4S2Si. The van der Waals surface area contributed by atoms with Crippen molar-refractivity contribution in [2.45, 2.75) is 62.6 Å². The third kappa shape index (κ3) is 4.45. The van der Waals surface area contributed by atoms with Gasteiger partial charge in [0, 0.05) is 4.88 Å². The minimum absolute atomic E-state index is 0.106. The molecule has 0 aliphatic carbocycles. The van der Waals surface area contributed by atoms with E-state index in [1.165, 1.54) is 13.2 Å². The van der Waals surface area contributed by atoms with Crippen LogP contribution in [-0.4, -0.2) is 30.6 Å². The highest BCUT2D eigenvalue weighted by Crippen LogP contribution is 2.40. The molecule has 0 fully saturated rings. The number of aliphatic hydroxyl groups is 1. The van der Waals surface area contributed by atoms with Crippen LogP contribution < -0.4 is 5.14 Å². The molecule has 1 aromatic heterocycles. The summed E-state index contributed by atoms with van der Waals surface area (Å²) in [7, 11) is -4.35. The minimum atomic E-state index is -3.28. The molecule has 1 heterocycles. The van der Waals surface area contributed by atoms with Crippen LogP contribution in [0.2, 0.25) is 18.1 Å². The van der Waals surface area contributed by atoms with Gasteiger partial charge in [0.05, 0.1) is 18.3 Å². The molecule has 0 aliphatic heterocycles. The van der Waals surface area contributed by atoms with Crippen LogP contribution in [-0.2, 0) is 20.3 Å². The van der Waals surface area contributed by atoms with Crippen molar-refractivity contribution in [1.82, 2.24) is 0 Å². The molecule has 3 N–H and O–H groups in total. The van der Waals surface area contributed by atoms with Crippen molar-refractivity contribution in [2.75, 3.05) is 7.11 Å². The summed E-state index contributed by atoms with van der Waals surface area (Å²) < 4.78 is 22.7. The number of esters is 1. The van der Waals surface area contributed by atoms with Crippen LogP contribution in [0.25, 0.3) is 0 Å². The van der Waals surface area contributed by atoms with Crippen molar-refractivity contribution < 1.29 is 18.8 Å². The molecule has 0 amide bonds. The number of thiophene rings is 1. The van der Waals surface area contributed by atoms with Crippen LogP contribution in [0.1, 0.15) is 49.9 Å². The van der Waals surface area contributed by atoms with Gasteiger partial charge in [0.1, 0.15) is 14.1 Å². The molecule has 0 aliphatic rings. The monoisotopic (exact) mass is 392 g/mol. The third-order valence-electron chi connectivity index (χ3n) is 4.17. The average Bonchev–Trinajstić information content (AvgIpc) is 2.80. The van der Waals surface area contributed by atoms with E-state index < -0.39 is 29.7 Å². The highest BCUT2D eigenvalue weighted by molar-refractivity contribution is 7.94. The zero-order chi connectivity index (χ0) is 19.1. The summed E-state index contributed by atoms with van der Waals surface area (Å²) in [6, 6.07) is 1.49. The highest BCUT2D eigenvalue weighted by Gasteiger charge is 2.38. The van der Waals surface area contributed by atoms with Crippen LogP contribution in [0.4, 0.5) is 0 Å². The summed E-state index contributed by atoms with van der Waals surface area (Å²) in [6.45, 7) is 13.3. The number of methoxy groups -OCH3 is 1. The fourth-order valence-corrected chi connectivity index (χ4v) is 8.22. The van der Waals surface area contributed by atoms with E-state index in [0.717, 1.165) is 11.3 Å². The number of ether oxygens (including phenoxy) is 1. The standard InChI is InChI=1S/C15H28N2O4S2Si/c1-14(2,3)24(7,8)17-23(16,20)13-10(12(18)21-6)9-11(22-13)15(4,5)19/h9,19H,1-8H3,(H2,16,17,20). The quantitative estimate of drug-likeness (QED) is 0.605. The summed E-state index contributed by atoms with van der Waals surface area (Å²) in [5.41, 5.74) is -1.08. The fourth-order valence-electron chi connectivity index (χ4n) is 1.66.